The zero-order chi connectivity index (χ0) is 24.2. The lowest BCUT2D eigenvalue weighted by molar-refractivity contribution is -0.147. The highest BCUT2D eigenvalue weighted by Crippen LogP contribution is 2.31. The van der Waals surface area contributed by atoms with Crippen LogP contribution in [0.25, 0.3) is 0 Å². The van der Waals surface area contributed by atoms with E-state index < -0.39 is 29.2 Å². The number of Topliss-reactive ketones (excluding diaryl/α,β-unsaturated/α-hetero) is 1. The van der Waals surface area contributed by atoms with Crippen LogP contribution in [-0.2, 0) is 19.7 Å². The van der Waals surface area contributed by atoms with Gasteiger partial charge in [0, 0.05) is 5.56 Å². The number of furan rings is 1. The third kappa shape index (κ3) is 5.22. The summed E-state index contributed by atoms with van der Waals surface area (Å²) in [6, 6.07) is 15.7. The van der Waals surface area contributed by atoms with Crippen LogP contribution in [-0.4, -0.2) is 30.4 Å². The van der Waals surface area contributed by atoms with Gasteiger partial charge in [0.2, 0.25) is 0 Å². The van der Waals surface area contributed by atoms with Gasteiger partial charge in [0.25, 0.3) is 5.78 Å². The number of ketones is 1. The Bertz CT molecular complexity index is 1120. The van der Waals surface area contributed by atoms with E-state index in [-0.39, 0.29) is 6.61 Å². The zero-order valence-electron chi connectivity index (χ0n) is 19.5. The number of hydrogen-bond donors (Lipinski definition) is 0. The molecular formula is C27H28O6. The second-order valence-corrected chi connectivity index (χ2v) is 8.49. The summed E-state index contributed by atoms with van der Waals surface area (Å²) in [5.41, 5.74) is 2.17. The lowest BCUT2D eigenvalue weighted by atomic mass is 9.83. The molecular weight excluding hydrogens is 420 g/mol. The van der Waals surface area contributed by atoms with Gasteiger partial charge in [-0.2, -0.15) is 0 Å². The van der Waals surface area contributed by atoms with E-state index in [0.717, 1.165) is 5.56 Å². The molecule has 6 nitrogen and oxygen atoms in total. The molecule has 1 heterocycles. The molecule has 0 radical (unpaired) electrons. The molecule has 1 aromatic heterocycles. The molecule has 0 fully saturated rings. The van der Waals surface area contributed by atoms with Crippen LogP contribution in [0, 0.1) is 20.8 Å². The summed E-state index contributed by atoms with van der Waals surface area (Å²) in [5, 5.41) is 0. The number of rotatable bonds is 8. The molecule has 0 aliphatic rings. The highest BCUT2D eigenvalue weighted by molar-refractivity contribution is 6.41. The maximum absolute atomic E-state index is 12.9. The van der Waals surface area contributed by atoms with Crippen molar-refractivity contribution in [2.24, 2.45) is 0 Å². The molecule has 0 amide bonds. The number of benzene rings is 2. The van der Waals surface area contributed by atoms with Crippen LogP contribution in [0.5, 0.6) is 0 Å². The van der Waals surface area contributed by atoms with Crippen molar-refractivity contribution in [2.45, 2.75) is 46.1 Å². The van der Waals surface area contributed by atoms with Crippen molar-refractivity contribution in [1.29, 1.82) is 0 Å². The van der Waals surface area contributed by atoms with Crippen LogP contribution >= 0.6 is 0 Å². The highest BCUT2D eigenvalue weighted by atomic mass is 16.6. The molecule has 172 valence electrons. The number of esters is 2. The fourth-order valence-electron chi connectivity index (χ4n) is 3.85. The second-order valence-electron chi connectivity index (χ2n) is 8.49. The van der Waals surface area contributed by atoms with E-state index in [9.17, 15) is 14.4 Å². The van der Waals surface area contributed by atoms with E-state index in [0.29, 0.717) is 28.0 Å². The van der Waals surface area contributed by atoms with Crippen molar-refractivity contribution >= 4 is 17.7 Å². The van der Waals surface area contributed by atoms with Gasteiger partial charge >= 0.3 is 11.9 Å². The maximum atomic E-state index is 12.9. The first kappa shape index (κ1) is 24.0. The summed E-state index contributed by atoms with van der Waals surface area (Å²) in [5.74, 6) is -1.71. The molecule has 0 N–H and O–H groups in total. The second kappa shape index (κ2) is 9.86. The minimum Gasteiger partial charge on any atom is -0.468 e. The molecule has 0 bridgehead atoms. The van der Waals surface area contributed by atoms with Crippen molar-refractivity contribution in [3.05, 3.63) is 94.4 Å². The summed E-state index contributed by atoms with van der Waals surface area (Å²) < 4.78 is 16.7. The van der Waals surface area contributed by atoms with Crippen molar-refractivity contribution < 1.29 is 28.3 Å². The third-order valence-corrected chi connectivity index (χ3v) is 5.87. The van der Waals surface area contributed by atoms with Crippen LogP contribution in [0.2, 0.25) is 0 Å². The van der Waals surface area contributed by atoms with Crippen molar-refractivity contribution in [1.82, 2.24) is 0 Å². The smallest absolute Gasteiger partial charge is 0.379 e. The van der Waals surface area contributed by atoms with Gasteiger partial charge in [-0.05, 0) is 70.0 Å². The molecule has 3 rings (SSSR count). The summed E-state index contributed by atoms with van der Waals surface area (Å²) in [7, 11) is 0. The summed E-state index contributed by atoms with van der Waals surface area (Å²) in [6.07, 6.45) is 0.667. The van der Waals surface area contributed by atoms with Crippen molar-refractivity contribution in [3.63, 3.8) is 0 Å². The summed E-state index contributed by atoms with van der Waals surface area (Å²) >= 11 is 0. The van der Waals surface area contributed by atoms with Gasteiger partial charge in [0.05, 0.1) is 17.2 Å². The van der Waals surface area contributed by atoms with Crippen LogP contribution in [0.1, 0.15) is 57.0 Å². The number of ether oxygens (including phenoxy) is 2. The van der Waals surface area contributed by atoms with Crippen LogP contribution in [0.15, 0.2) is 65.3 Å². The normalized spacial score (nSPS) is 13.6. The molecule has 0 saturated carbocycles. The largest absolute Gasteiger partial charge is 0.468 e. The number of carbonyl (C=O) groups excluding carboxylic acids is 3. The standard InChI is InChI=1S/C27H28O6/c1-17-14-18(2)23(19(3)15-17)24(28)26(30)33-20(4)27(5,22-12-9-13-31-22)16-32-25(29)21-10-7-6-8-11-21/h6-15,20H,16H2,1-5H3. The van der Waals surface area contributed by atoms with Crippen LogP contribution < -0.4 is 0 Å². The third-order valence-electron chi connectivity index (χ3n) is 5.87. The Balaban J connectivity index is 1.79. The molecule has 33 heavy (non-hydrogen) atoms. The van der Waals surface area contributed by atoms with Gasteiger partial charge in [0.15, 0.2) is 0 Å². The van der Waals surface area contributed by atoms with E-state index in [1.165, 1.54) is 6.26 Å². The fraction of sp³-hybridized carbons (Fsp3) is 0.296. The minimum atomic E-state index is -1.01. The molecule has 2 atom stereocenters. The van der Waals surface area contributed by atoms with Gasteiger partial charge < -0.3 is 13.9 Å². The lowest BCUT2D eigenvalue weighted by Crippen LogP contribution is -2.43. The Kier molecular flexibility index (Phi) is 7.16. The van der Waals surface area contributed by atoms with Gasteiger partial charge in [-0.1, -0.05) is 35.9 Å². The lowest BCUT2D eigenvalue weighted by Gasteiger charge is -2.32. The summed E-state index contributed by atoms with van der Waals surface area (Å²) in [4.78, 5) is 38.2. The van der Waals surface area contributed by atoms with Crippen LogP contribution in [0.4, 0.5) is 0 Å². The Morgan fingerprint density at radius 2 is 1.61 bits per heavy atom. The molecule has 0 spiro atoms. The zero-order valence-corrected chi connectivity index (χ0v) is 19.5. The summed E-state index contributed by atoms with van der Waals surface area (Å²) in [6.45, 7) is 8.81. The minimum absolute atomic E-state index is 0.112. The Morgan fingerprint density at radius 3 is 2.18 bits per heavy atom. The maximum Gasteiger partial charge on any atom is 0.379 e. The van der Waals surface area contributed by atoms with E-state index >= 15 is 0 Å². The van der Waals surface area contributed by atoms with E-state index in [4.69, 9.17) is 13.9 Å². The molecule has 2 aromatic carbocycles. The Morgan fingerprint density at radius 1 is 0.970 bits per heavy atom. The fourth-order valence-corrected chi connectivity index (χ4v) is 3.85. The quantitative estimate of drug-likeness (QED) is 0.270. The molecule has 0 aliphatic carbocycles. The van der Waals surface area contributed by atoms with Gasteiger partial charge in [0.1, 0.15) is 18.5 Å². The molecule has 0 aliphatic heterocycles. The predicted octanol–water partition coefficient (Wildman–Crippen LogP) is 5.13. The van der Waals surface area contributed by atoms with Crippen molar-refractivity contribution in [3.8, 4) is 0 Å². The average Bonchev–Trinajstić information content (AvgIpc) is 3.32. The molecule has 3 aromatic rings. The topological polar surface area (TPSA) is 82.8 Å². The first-order chi connectivity index (χ1) is 15.6. The van der Waals surface area contributed by atoms with Crippen LogP contribution in [0.3, 0.4) is 0 Å². The first-order valence-corrected chi connectivity index (χ1v) is 10.7. The van der Waals surface area contributed by atoms with Gasteiger partial charge in [-0.25, -0.2) is 9.59 Å². The number of aryl methyl sites for hydroxylation is 3. The van der Waals surface area contributed by atoms with E-state index in [1.807, 2.05) is 19.1 Å². The monoisotopic (exact) mass is 448 g/mol. The SMILES string of the molecule is Cc1cc(C)c(C(=O)C(=O)OC(C)C(C)(COC(=O)c2ccccc2)c2ccco2)c(C)c1. The number of carbonyl (C=O) groups is 3. The first-order valence-electron chi connectivity index (χ1n) is 10.7. The number of hydrogen-bond acceptors (Lipinski definition) is 6. The van der Waals surface area contributed by atoms with Gasteiger partial charge in [-0.3, -0.25) is 4.79 Å². The Hall–Kier alpha value is -3.67. The predicted molar refractivity (Wildman–Crippen MR) is 123 cm³/mol. The molecule has 6 heteroatoms. The highest BCUT2D eigenvalue weighted by Gasteiger charge is 2.41. The molecule has 0 saturated heterocycles. The van der Waals surface area contributed by atoms with E-state index in [1.54, 1.807) is 70.2 Å². The molecule has 2 unspecified atom stereocenters. The van der Waals surface area contributed by atoms with Crippen molar-refractivity contribution in [2.75, 3.05) is 6.61 Å². The average molecular weight is 449 g/mol. The van der Waals surface area contributed by atoms with Gasteiger partial charge in [-0.15, -0.1) is 0 Å². The Labute approximate surface area is 193 Å². The van der Waals surface area contributed by atoms with E-state index in [2.05, 4.69) is 0 Å².